The molecule has 0 spiro atoms. The zero-order valence-electron chi connectivity index (χ0n) is 19.0. The largest absolute Gasteiger partial charge is 0.376 e. The van der Waals surface area contributed by atoms with Crippen LogP contribution in [0, 0.1) is 0 Å². The Balaban J connectivity index is 1.37. The standard InChI is InChI=1S/C23H31N5O4S/c1-27-14-18(13-24-27)28(15-19-8-2-3-11-32-19)33(30,31)26-23(29)25-22-20-9-4-6-16(20)12-17-7-5-10-21(17)22/h12-14,19H,2-11,15H2,1H3,(H2,25,26,29)/t19-/m0/s1. The molecule has 1 aliphatic heterocycles. The summed E-state index contributed by atoms with van der Waals surface area (Å²) >= 11 is 0. The van der Waals surface area contributed by atoms with Crippen molar-refractivity contribution in [2.75, 3.05) is 22.8 Å². The minimum atomic E-state index is -4.17. The van der Waals surface area contributed by atoms with E-state index in [0.29, 0.717) is 12.3 Å². The number of nitrogens with zero attached hydrogens (tertiary/aromatic N) is 3. The van der Waals surface area contributed by atoms with Gasteiger partial charge in [-0.2, -0.15) is 13.5 Å². The molecular weight excluding hydrogens is 442 g/mol. The van der Waals surface area contributed by atoms with Crippen LogP contribution in [0.25, 0.3) is 0 Å². The number of carbonyl (C=O) groups excluding carboxylic acids is 1. The van der Waals surface area contributed by atoms with Crippen molar-refractivity contribution < 1.29 is 17.9 Å². The van der Waals surface area contributed by atoms with Crippen LogP contribution in [0.1, 0.15) is 54.4 Å². The molecule has 1 aromatic heterocycles. The molecule has 0 bridgehead atoms. The van der Waals surface area contributed by atoms with E-state index in [2.05, 4.69) is 21.2 Å². The summed E-state index contributed by atoms with van der Waals surface area (Å²) in [6.45, 7) is 0.744. The lowest BCUT2D eigenvalue weighted by molar-refractivity contribution is 0.0228. The number of urea groups is 1. The van der Waals surface area contributed by atoms with Crippen LogP contribution in [0.4, 0.5) is 16.2 Å². The minimum Gasteiger partial charge on any atom is -0.376 e. The molecule has 3 aliphatic rings. The summed E-state index contributed by atoms with van der Waals surface area (Å²) < 4.78 is 37.4. The quantitative estimate of drug-likeness (QED) is 0.671. The number of benzene rings is 1. The van der Waals surface area contributed by atoms with E-state index < -0.39 is 16.2 Å². The summed E-state index contributed by atoms with van der Waals surface area (Å²) in [5.74, 6) is 0. The predicted molar refractivity (Wildman–Crippen MR) is 126 cm³/mol. The number of hydrogen-bond acceptors (Lipinski definition) is 5. The third kappa shape index (κ3) is 4.59. The van der Waals surface area contributed by atoms with Crippen LogP contribution < -0.4 is 14.3 Å². The number of anilines is 2. The topological polar surface area (TPSA) is 106 Å². The Morgan fingerprint density at radius 2 is 1.88 bits per heavy atom. The van der Waals surface area contributed by atoms with Crippen molar-refractivity contribution in [1.29, 1.82) is 0 Å². The van der Waals surface area contributed by atoms with Gasteiger partial charge in [0.25, 0.3) is 0 Å². The molecular formula is C23H31N5O4S. The molecule has 33 heavy (non-hydrogen) atoms. The fourth-order valence-electron chi connectivity index (χ4n) is 5.29. The van der Waals surface area contributed by atoms with Gasteiger partial charge in [0.15, 0.2) is 0 Å². The lowest BCUT2D eigenvalue weighted by Gasteiger charge is -2.29. The summed E-state index contributed by atoms with van der Waals surface area (Å²) in [6.07, 6.45) is 11.6. The number of ether oxygens (including phenoxy) is 1. The maximum Gasteiger partial charge on any atom is 0.334 e. The third-order valence-electron chi connectivity index (χ3n) is 6.85. The molecule has 0 unspecified atom stereocenters. The highest BCUT2D eigenvalue weighted by Gasteiger charge is 2.31. The van der Waals surface area contributed by atoms with Crippen LogP contribution in [0.5, 0.6) is 0 Å². The van der Waals surface area contributed by atoms with Gasteiger partial charge < -0.3 is 10.1 Å². The molecule has 1 atom stereocenters. The average molecular weight is 474 g/mol. The van der Waals surface area contributed by atoms with Crippen molar-refractivity contribution in [3.05, 3.63) is 40.7 Å². The van der Waals surface area contributed by atoms with Gasteiger partial charge in [-0.1, -0.05) is 6.07 Å². The number of aryl methyl sites for hydroxylation is 3. The maximum absolute atomic E-state index is 13.3. The Bertz CT molecular complexity index is 1120. The van der Waals surface area contributed by atoms with Crippen LogP contribution in [-0.4, -0.2) is 43.5 Å². The Morgan fingerprint density at radius 3 is 2.48 bits per heavy atom. The molecule has 5 rings (SSSR count). The van der Waals surface area contributed by atoms with Gasteiger partial charge in [0.2, 0.25) is 0 Å². The van der Waals surface area contributed by atoms with Crippen LogP contribution in [-0.2, 0) is 47.7 Å². The zero-order valence-corrected chi connectivity index (χ0v) is 19.8. The first-order valence-corrected chi connectivity index (χ1v) is 13.2. The smallest absolute Gasteiger partial charge is 0.334 e. The van der Waals surface area contributed by atoms with Crippen LogP contribution in [0.3, 0.4) is 0 Å². The highest BCUT2D eigenvalue weighted by Crippen LogP contribution is 2.38. The van der Waals surface area contributed by atoms with Gasteiger partial charge in [-0.05, 0) is 80.0 Å². The molecule has 9 nitrogen and oxygen atoms in total. The second kappa shape index (κ2) is 8.98. The van der Waals surface area contributed by atoms with E-state index in [0.717, 1.165) is 74.6 Å². The Labute approximate surface area is 194 Å². The molecule has 2 amide bonds. The molecule has 0 saturated carbocycles. The van der Waals surface area contributed by atoms with Crippen molar-refractivity contribution in [3.8, 4) is 0 Å². The van der Waals surface area contributed by atoms with E-state index >= 15 is 0 Å². The van der Waals surface area contributed by atoms with Gasteiger partial charge in [0.05, 0.1) is 24.5 Å². The van der Waals surface area contributed by atoms with Crippen molar-refractivity contribution in [1.82, 2.24) is 14.5 Å². The molecule has 2 aromatic rings. The first kappa shape index (κ1) is 22.2. The van der Waals surface area contributed by atoms with E-state index in [1.54, 1.807) is 13.2 Å². The number of hydrogen-bond donors (Lipinski definition) is 2. The maximum atomic E-state index is 13.3. The second-order valence-corrected chi connectivity index (χ2v) is 10.8. The van der Waals surface area contributed by atoms with Crippen molar-refractivity contribution in [3.63, 3.8) is 0 Å². The molecule has 10 heteroatoms. The molecule has 1 fully saturated rings. The Morgan fingerprint density at radius 1 is 1.15 bits per heavy atom. The Hall–Kier alpha value is -2.59. The van der Waals surface area contributed by atoms with E-state index in [-0.39, 0.29) is 12.6 Å². The van der Waals surface area contributed by atoms with Gasteiger partial charge in [0, 0.05) is 25.5 Å². The summed E-state index contributed by atoms with van der Waals surface area (Å²) in [6, 6.07) is 1.54. The first-order valence-electron chi connectivity index (χ1n) is 11.8. The second-order valence-electron chi connectivity index (χ2n) is 9.19. The van der Waals surface area contributed by atoms with E-state index in [1.807, 2.05) is 0 Å². The van der Waals surface area contributed by atoms with Crippen LogP contribution >= 0.6 is 0 Å². The van der Waals surface area contributed by atoms with Crippen LogP contribution in [0.2, 0.25) is 0 Å². The fourth-order valence-corrected chi connectivity index (χ4v) is 6.42. The predicted octanol–water partition coefficient (Wildman–Crippen LogP) is 2.84. The van der Waals surface area contributed by atoms with E-state index in [9.17, 15) is 13.2 Å². The molecule has 2 aliphatic carbocycles. The number of aromatic nitrogens is 2. The summed E-state index contributed by atoms with van der Waals surface area (Å²) in [5.41, 5.74) is 6.08. The monoisotopic (exact) mass is 473 g/mol. The molecule has 2 N–H and O–H groups in total. The first-order chi connectivity index (χ1) is 15.9. The SMILES string of the molecule is Cn1cc(N(C[C@@H]2CCCCO2)S(=O)(=O)NC(=O)Nc2c3c(cc4c2CCC4)CCC3)cn1. The van der Waals surface area contributed by atoms with E-state index in [1.165, 1.54) is 26.3 Å². The average Bonchev–Trinajstić information content (AvgIpc) is 3.53. The van der Waals surface area contributed by atoms with Gasteiger partial charge in [0.1, 0.15) is 0 Å². The summed E-state index contributed by atoms with van der Waals surface area (Å²) in [5, 5.41) is 7.02. The normalized spacial score (nSPS) is 19.7. The third-order valence-corrected chi connectivity index (χ3v) is 8.23. The van der Waals surface area contributed by atoms with E-state index in [4.69, 9.17) is 4.74 Å². The fraction of sp³-hybridized carbons (Fsp3) is 0.565. The van der Waals surface area contributed by atoms with Crippen molar-refractivity contribution in [2.24, 2.45) is 7.05 Å². The van der Waals surface area contributed by atoms with Gasteiger partial charge in [-0.3, -0.25) is 4.68 Å². The minimum absolute atomic E-state index is 0.129. The zero-order chi connectivity index (χ0) is 23.0. The lowest BCUT2D eigenvalue weighted by Crippen LogP contribution is -2.48. The summed E-state index contributed by atoms with van der Waals surface area (Å²) in [7, 11) is -2.45. The van der Waals surface area contributed by atoms with Crippen molar-refractivity contribution in [2.45, 2.75) is 63.9 Å². The summed E-state index contributed by atoms with van der Waals surface area (Å²) in [4.78, 5) is 13.0. The van der Waals surface area contributed by atoms with Gasteiger partial charge in [-0.15, -0.1) is 0 Å². The number of fused-ring (bicyclic) bond motifs is 2. The molecule has 2 heterocycles. The number of carbonyl (C=O) groups is 1. The molecule has 1 aromatic carbocycles. The van der Waals surface area contributed by atoms with Gasteiger partial charge >= 0.3 is 16.2 Å². The molecule has 178 valence electrons. The highest BCUT2D eigenvalue weighted by atomic mass is 32.2. The van der Waals surface area contributed by atoms with Gasteiger partial charge in [-0.25, -0.2) is 13.8 Å². The number of amides is 2. The van der Waals surface area contributed by atoms with Crippen LogP contribution in [0.15, 0.2) is 18.5 Å². The number of nitrogens with one attached hydrogen (secondary N) is 2. The highest BCUT2D eigenvalue weighted by molar-refractivity contribution is 7.91. The Kier molecular flexibility index (Phi) is 6.05. The molecule has 1 saturated heterocycles. The number of rotatable bonds is 6. The molecule has 0 radical (unpaired) electrons. The lowest BCUT2D eigenvalue weighted by atomic mass is 9.99. The van der Waals surface area contributed by atoms with Crippen molar-refractivity contribution >= 4 is 27.6 Å².